The van der Waals surface area contributed by atoms with E-state index in [1.54, 1.807) is 0 Å². The fourth-order valence-corrected chi connectivity index (χ4v) is 2.60. The largest absolute Gasteiger partial charge is 0.375 e. The monoisotopic (exact) mass is 233 g/mol. The molecule has 2 nitrogen and oxygen atoms in total. The molecule has 1 atom stereocenters. The molecule has 0 radical (unpaired) electrons. The average molecular weight is 233 g/mol. The minimum atomic E-state index is 0.624. The van der Waals surface area contributed by atoms with Crippen LogP contribution in [0.4, 0.5) is 0 Å². The Kier molecular flexibility index (Phi) is 4.57. The summed E-state index contributed by atoms with van der Waals surface area (Å²) in [5.74, 6) is 0. The van der Waals surface area contributed by atoms with Crippen molar-refractivity contribution in [2.24, 2.45) is 0 Å². The van der Waals surface area contributed by atoms with Crippen LogP contribution in [-0.4, -0.2) is 30.1 Å². The molecular weight excluding hydrogens is 210 g/mol. The Bertz CT molecular complexity index is 323. The minimum Gasteiger partial charge on any atom is -0.375 e. The van der Waals surface area contributed by atoms with Crippen molar-refractivity contribution >= 4 is 0 Å². The molecule has 1 aromatic rings. The first-order valence-electron chi connectivity index (χ1n) is 6.65. The van der Waals surface area contributed by atoms with Gasteiger partial charge in [0, 0.05) is 12.1 Å². The zero-order chi connectivity index (χ0) is 12.1. The second-order valence-electron chi connectivity index (χ2n) is 5.13. The van der Waals surface area contributed by atoms with Crippen LogP contribution in [0.1, 0.15) is 32.3 Å². The van der Waals surface area contributed by atoms with Gasteiger partial charge in [-0.1, -0.05) is 30.3 Å². The third-order valence-corrected chi connectivity index (χ3v) is 3.51. The summed E-state index contributed by atoms with van der Waals surface area (Å²) in [4.78, 5) is 2.56. The van der Waals surface area contributed by atoms with Crippen LogP contribution in [0.15, 0.2) is 30.3 Å². The standard InChI is InChI=1S/C15H23NO/c1-13(2)16-10-6-9-15(16)12-17-11-14-7-4-3-5-8-14/h3-5,7-8,13,15H,6,9-12H2,1-2H3/t15-/m1/s1. The van der Waals surface area contributed by atoms with E-state index in [0.717, 1.165) is 13.2 Å². The van der Waals surface area contributed by atoms with Crippen LogP contribution >= 0.6 is 0 Å². The van der Waals surface area contributed by atoms with Crippen molar-refractivity contribution < 1.29 is 4.74 Å². The maximum absolute atomic E-state index is 5.84. The Hall–Kier alpha value is -0.860. The maximum Gasteiger partial charge on any atom is 0.0717 e. The van der Waals surface area contributed by atoms with Gasteiger partial charge in [-0.2, -0.15) is 0 Å². The number of likely N-dealkylation sites (tertiary alicyclic amines) is 1. The lowest BCUT2D eigenvalue weighted by Gasteiger charge is -2.28. The molecule has 0 N–H and O–H groups in total. The van der Waals surface area contributed by atoms with Crippen molar-refractivity contribution in [3.8, 4) is 0 Å². The van der Waals surface area contributed by atoms with Crippen molar-refractivity contribution in [1.29, 1.82) is 0 Å². The van der Waals surface area contributed by atoms with E-state index in [2.05, 4.69) is 43.0 Å². The first-order chi connectivity index (χ1) is 8.27. The van der Waals surface area contributed by atoms with Gasteiger partial charge in [-0.25, -0.2) is 0 Å². The van der Waals surface area contributed by atoms with Gasteiger partial charge in [-0.05, 0) is 38.8 Å². The molecule has 1 saturated heterocycles. The van der Waals surface area contributed by atoms with E-state index in [1.165, 1.54) is 24.9 Å². The maximum atomic E-state index is 5.84. The van der Waals surface area contributed by atoms with E-state index in [4.69, 9.17) is 4.74 Å². The molecule has 2 heteroatoms. The summed E-state index contributed by atoms with van der Waals surface area (Å²) in [6, 6.07) is 11.7. The van der Waals surface area contributed by atoms with Gasteiger partial charge in [-0.15, -0.1) is 0 Å². The summed E-state index contributed by atoms with van der Waals surface area (Å²) in [7, 11) is 0. The first kappa shape index (κ1) is 12.6. The third-order valence-electron chi connectivity index (χ3n) is 3.51. The van der Waals surface area contributed by atoms with E-state index < -0.39 is 0 Å². The number of ether oxygens (including phenoxy) is 1. The fraction of sp³-hybridized carbons (Fsp3) is 0.600. The van der Waals surface area contributed by atoms with E-state index in [0.29, 0.717) is 12.1 Å². The SMILES string of the molecule is CC(C)N1CCC[C@@H]1COCc1ccccc1. The second-order valence-corrected chi connectivity index (χ2v) is 5.13. The van der Waals surface area contributed by atoms with Gasteiger partial charge in [0.15, 0.2) is 0 Å². The molecule has 1 aliphatic rings. The molecule has 0 aromatic heterocycles. The minimum absolute atomic E-state index is 0.624. The van der Waals surface area contributed by atoms with Crippen molar-refractivity contribution in [2.75, 3.05) is 13.2 Å². The molecular formula is C15H23NO. The normalized spacial score (nSPS) is 21.2. The van der Waals surface area contributed by atoms with Gasteiger partial charge >= 0.3 is 0 Å². The van der Waals surface area contributed by atoms with Crippen LogP contribution in [0.3, 0.4) is 0 Å². The Balaban J connectivity index is 1.75. The van der Waals surface area contributed by atoms with Crippen LogP contribution in [0.2, 0.25) is 0 Å². The summed E-state index contributed by atoms with van der Waals surface area (Å²) >= 11 is 0. The molecule has 1 aromatic carbocycles. The molecule has 0 saturated carbocycles. The van der Waals surface area contributed by atoms with Gasteiger partial charge < -0.3 is 4.74 Å². The predicted octanol–water partition coefficient (Wildman–Crippen LogP) is 3.08. The molecule has 2 rings (SSSR count). The highest BCUT2D eigenvalue weighted by Gasteiger charge is 2.26. The van der Waals surface area contributed by atoms with Gasteiger partial charge in [-0.3, -0.25) is 4.90 Å². The Morgan fingerprint density at radius 3 is 2.76 bits per heavy atom. The van der Waals surface area contributed by atoms with Crippen molar-refractivity contribution in [3.63, 3.8) is 0 Å². The summed E-state index contributed by atoms with van der Waals surface area (Å²) in [5.41, 5.74) is 1.27. The summed E-state index contributed by atoms with van der Waals surface area (Å²) in [6.07, 6.45) is 2.60. The molecule has 0 bridgehead atoms. The fourth-order valence-electron chi connectivity index (χ4n) is 2.60. The first-order valence-corrected chi connectivity index (χ1v) is 6.65. The summed E-state index contributed by atoms with van der Waals surface area (Å²) in [5, 5.41) is 0. The molecule has 0 spiro atoms. The molecule has 0 aliphatic carbocycles. The highest BCUT2D eigenvalue weighted by Crippen LogP contribution is 2.20. The van der Waals surface area contributed by atoms with Crippen molar-refractivity contribution in [3.05, 3.63) is 35.9 Å². The molecule has 0 amide bonds. The quantitative estimate of drug-likeness (QED) is 0.775. The molecule has 94 valence electrons. The van der Waals surface area contributed by atoms with E-state index in [-0.39, 0.29) is 0 Å². The summed E-state index contributed by atoms with van der Waals surface area (Å²) in [6.45, 7) is 7.39. The Labute approximate surface area is 105 Å². The number of hydrogen-bond donors (Lipinski definition) is 0. The third kappa shape index (κ3) is 3.55. The van der Waals surface area contributed by atoms with Gasteiger partial charge in [0.2, 0.25) is 0 Å². The van der Waals surface area contributed by atoms with E-state index >= 15 is 0 Å². The summed E-state index contributed by atoms with van der Waals surface area (Å²) < 4.78 is 5.84. The molecule has 1 aliphatic heterocycles. The highest BCUT2D eigenvalue weighted by molar-refractivity contribution is 5.13. The molecule has 1 fully saturated rings. The van der Waals surface area contributed by atoms with Crippen LogP contribution < -0.4 is 0 Å². The molecule has 17 heavy (non-hydrogen) atoms. The lowest BCUT2D eigenvalue weighted by atomic mass is 10.2. The van der Waals surface area contributed by atoms with Gasteiger partial charge in [0.25, 0.3) is 0 Å². The van der Waals surface area contributed by atoms with Crippen LogP contribution in [0.25, 0.3) is 0 Å². The van der Waals surface area contributed by atoms with Crippen molar-refractivity contribution in [2.45, 2.75) is 45.4 Å². The zero-order valence-corrected chi connectivity index (χ0v) is 10.9. The van der Waals surface area contributed by atoms with Gasteiger partial charge in [0.1, 0.15) is 0 Å². The smallest absolute Gasteiger partial charge is 0.0717 e. The molecule has 1 heterocycles. The van der Waals surface area contributed by atoms with Crippen LogP contribution in [0.5, 0.6) is 0 Å². The van der Waals surface area contributed by atoms with E-state index in [1.807, 2.05) is 6.07 Å². The average Bonchev–Trinajstić information content (AvgIpc) is 2.79. The Morgan fingerprint density at radius 2 is 2.06 bits per heavy atom. The number of rotatable bonds is 5. The zero-order valence-electron chi connectivity index (χ0n) is 10.9. The lowest BCUT2D eigenvalue weighted by molar-refractivity contribution is 0.0565. The molecule has 0 unspecified atom stereocenters. The van der Waals surface area contributed by atoms with Gasteiger partial charge in [0.05, 0.1) is 13.2 Å². The number of hydrogen-bond acceptors (Lipinski definition) is 2. The lowest BCUT2D eigenvalue weighted by Crippen LogP contribution is -2.38. The van der Waals surface area contributed by atoms with Crippen LogP contribution in [0, 0.1) is 0 Å². The topological polar surface area (TPSA) is 12.5 Å². The number of benzene rings is 1. The second kappa shape index (κ2) is 6.18. The van der Waals surface area contributed by atoms with Crippen molar-refractivity contribution in [1.82, 2.24) is 4.90 Å². The predicted molar refractivity (Wildman–Crippen MR) is 71.0 cm³/mol. The Morgan fingerprint density at radius 1 is 1.29 bits per heavy atom. The highest BCUT2D eigenvalue weighted by atomic mass is 16.5. The number of nitrogens with zero attached hydrogens (tertiary/aromatic N) is 1. The van der Waals surface area contributed by atoms with Crippen LogP contribution in [-0.2, 0) is 11.3 Å². The van der Waals surface area contributed by atoms with E-state index in [9.17, 15) is 0 Å².